The predicted octanol–water partition coefficient (Wildman–Crippen LogP) is 2.49. The first-order valence-electron chi connectivity index (χ1n) is 7.37. The van der Waals surface area contributed by atoms with Crippen LogP contribution in [0.3, 0.4) is 0 Å². The lowest BCUT2D eigenvalue weighted by Crippen LogP contribution is -2.41. The maximum absolute atomic E-state index is 5.31. The van der Waals surface area contributed by atoms with Gasteiger partial charge in [0.15, 0.2) is 5.96 Å². The average molecular weight is 420 g/mol. The Balaban J connectivity index is 0.00000441. The molecule has 0 saturated heterocycles. The molecule has 5 nitrogen and oxygen atoms in total. The fraction of sp³-hybridized carbons (Fsp3) is 0.562. The number of guanidine groups is 1. The normalized spacial score (nSPS) is 12.5. The highest BCUT2D eigenvalue weighted by atomic mass is 127. The molecule has 1 unspecified atom stereocenters. The summed E-state index contributed by atoms with van der Waals surface area (Å²) in [4.78, 5) is 6.42. The van der Waals surface area contributed by atoms with E-state index in [1.165, 1.54) is 5.56 Å². The van der Waals surface area contributed by atoms with Crippen molar-refractivity contribution >= 4 is 29.9 Å². The van der Waals surface area contributed by atoms with E-state index in [0.29, 0.717) is 0 Å². The van der Waals surface area contributed by atoms with Gasteiger partial charge < -0.3 is 20.3 Å². The molecular formula is C16H29IN4O. The summed E-state index contributed by atoms with van der Waals surface area (Å²) in [6, 6.07) is 8.44. The summed E-state index contributed by atoms with van der Waals surface area (Å²) < 4.78 is 5.31. The van der Waals surface area contributed by atoms with E-state index < -0.39 is 0 Å². The Morgan fingerprint density at radius 3 is 2.59 bits per heavy atom. The van der Waals surface area contributed by atoms with Crippen molar-refractivity contribution in [3.05, 3.63) is 29.8 Å². The third kappa shape index (κ3) is 6.83. The fourth-order valence-corrected chi connectivity index (χ4v) is 2.10. The zero-order chi connectivity index (χ0) is 15.7. The first-order valence-corrected chi connectivity index (χ1v) is 7.37. The number of halogens is 1. The molecule has 2 N–H and O–H groups in total. The number of likely N-dealkylation sites (N-methyl/N-ethyl adjacent to an activating group) is 1. The summed E-state index contributed by atoms with van der Waals surface area (Å²) in [5.74, 6) is 1.72. The lowest BCUT2D eigenvalue weighted by molar-refractivity contribution is 0.297. The van der Waals surface area contributed by atoms with Crippen molar-refractivity contribution in [2.75, 3.05) is 41.3 Å². The summed E-state index contributed by atoms with van der Waals surface area (Å²) >= 11 is 0. The van der Waals surface area contributed by atoms with Crippen molar-refractivity contribution in [3.8, 4) is 5.75 Å². The van der Waals surface area contributed by atoms with Gasteiger partial charge in [-0.15, -0.1) is 24.0 Å². The molecule has 0 aromatic heterocycles. The molecular weight excluding hydrogens is 391 g/mol. The minimum Gasteiger partial charge on any atom is -0.497 e. The molecule has 0 spiro atoms. The van der Waals surface area contributed by atoms with Crippen LogP contribution < -0.4 is 15.4 Å². The second-order valence-corrected chi connectivity index (χ2v) is 5.14. The van der Waals surface area contributed by atoms with E-state index in [2.05, 4.69) is 53.7 Å². The summed E-state index contributed by atoms with van der Waals surface area (Å²) in [5, 5.41) is 6.66. The molecule has 0 aliphatic rings. The molecule has 1 rings (SSSR count). The number of hydrogen-bond acceptors (Lipinski definition) is 3. The third-order valence-electron chi connectivity index (χ3n) is 3.33. The van der Waals surface area contributed by atoms with Gasteiger partial charge >= 0.3 is 0 Å². The Hall–Kier alpha value is -1.02. The maximum Gasteiger partial charge on any atom is 0.191 e. The van der Waals surface area contributed by atoms with Crippen LogP contribution >= 0.6 is 24.0 Å². The quantitative estimate of drug-likeness (QED) is 0.404. The molecule has 0 heterocycles. The summed E-state index contributed by atoms with van der Waals surface area (Å²) in [7, 11) is 7.64. The molecule has 0 saturated carbocycles. The molecule has 6 heteroatoms. The zero-order valence-corrected chi connectivity index (χ0v) is 16.5. The van der Waals surface area contributed by atoms with Gasteiger partial charge in [0, 0.05) is 20.1 Å². The largest absolute Gasteiger partial charge is 0.497 e. The highest BCUT2D eigenvalue weighted by Crippen LogP contribution is 2.21. The first-order chi connectivity index (χ1) is 10.1. The van der Waals surface area contributed by atoms with Crippen molar-refractivity contribution < 1.29 is 4.74 Å². The van der Waals surface area contributed by atoms with Crippen molar-refractivity contribution in [3.63, 3.8) is 0 Å². The molecule has 0 aliphatic carbocycles. The maximum atomic E-state index is 5.31. The van der Waals surface area contributed by atoms with E-state index in [0.717, 1.165) is 31.2 Å². The average Bonchev–Trinajstić information content (AvgIpc) is 2.50. The number of hydrogen-bond donors (Lipinski definition) is 2. The van der Waals surface area contributed by atoms with Gasteiger partial charge in [-0.1, -0.05) is 19.1 Å². The van der Waals surface area contributed by atoms with Gasteiger partial charge in [0.05, 0.1) is 13.2 Å². The van der Waals surface area contributed by atoms with E-state index in [-0.39, 0.29) is 30.0 Å². The summed E-state index contributed by atoms with van der Waals surface area (Å²) in [5.41, 5.74) is 1.22. The third-order valence-corrected chi connectivity index (χ3v) is 3.33. The predicted molar refractivity (Wildman–Crippen MR) is 104 cm³/mol. The van der Waals surface area contributed by atoms with Gasteiger partial charge in [-0.25, -0.2) is 0 Å². The molecule has 1 aromatic rings. The minimum atomic E-state index is 0. The van der Waals surface area contributed by atoms with Crippen LogP contribution in [-0.4, -0.2) is 52.2 Å². The Morgan fingerprint density at radius 2 is 2.05 bits per heavy atom. The summed E-state index contributed by atoms with van der Waals surface area (Å²) in [6.45, 7) is 3.84. The fourth-order valence-electron chi connectivity index (χ4n) is 2.10. The first kappa shape index (κ1) is 21.0. The Kier molecular flexibility index (Phi) is 11.0. The molecule has 0 amide bonds. The van der Waals surface area contributed by atoms with Crippen LogP contribution in [0.25, 0.3) is 0 Å². The lowest BCUT2D eigenvalue weighted by atomic mass is 10.1. The number of nitrogens with zero attached hydrogens (tertiary/aromatic N) is 2. The van der Waals surface area contributed by atoms with E-state index in [1.807, 2.05) is 12.1 Å². The lowest BCUT2D eigenvalue weighted by Gasteiger charge is -2.26. The Labute approximate surface area is 151 Å². The van der Waals surface area contributed by atoms with Crippen LogP contribution in [0.15, 0.2) is 29.3 Å². The van der Waals surface area contributed by atoms with Crippen LogP contribution in [0.5, 0.6) is 5.75 Å². The van der Waals surface area contributed by atoms with Gasteiger partial charge in [0.25, 0.3) is 0 Å². The zero-order valence-electron chi connectivity index (χ0n) is 14.2. The number of aliphatic imine (C=N–C) groups is 1. The topological polar surface area (TPSA) is 48.9 Å². The van der Waals surface area contributed by atoms with Crippen molar-refractivity contribution in [2.24, 2.45) is 4.99 Å². The molecule has 1 aromatic carbocycles. The van der Waals surface area contributed by atoms with Gasteiger partial charge in [-0.05, 0) is 38.2 Å². The monoisotopic (exact) mass is 420 g/mol. The number of benzene rings is 1. The number of ether oxygens (including phenoxy) is 1. The molecule has 1 atom stereocenters. The second-order valence-electron chi connectivity index (χ2n) is 5.14. The second kappa shape index (κ2) is 11.5. The summed E-state index contributed by atoms with van der Waals surface area (Å²) in [6.07, 6.45) is 1.08. The van der Waals surface area contributed by atoms with E-state index in [1.54, 1.807) is 14.2 Å². The molecule has 22 heavy (non-hydrogen) atoms. The number of nitrogens with one attached hydrogen (secondary N) is 2. The van der Waals surface area contributed by atoms with Gasteiger partial charge in [-0.2, -0.15) is 0 Å². The van der Waals surface area contributed by atoms with Crippen molar-refractivity contribution in [1.29, 1.82) is 0 Å². The van der Waals surface area contributed by atoms with E-state index in [4.69, 9.17) is 4.74 Å². The minimum absolute atomic E-state index is 0. The van der Waals surface area contributed by atoms with Crippen LogP contribution in [0.4, 0.5) is 0 Å². The molecule has 0 fully saturated rings. The molecule has 0 bridgehead atoms. The van der Waals surface area contributed by atoms with Gasteiger partial charge in [0.1, 0.15) is 5.75 Å². The SMILES string of the molecule is CCCNC(=NC)NCC(c1cccc(OC)c1)N(C)C.I. The van der Waals surface area contributed by atoms with E-state index >= 15 is 0 Å². The number of rotatable bonds is 7. The Morgan fingerprint density at radius 1 is 1.32 bits per heavy atom. The molecule has 126 valence electrons. The Bertz CT molecular complexity index is 452. The van der Waals surface area contributed by atoms with Crippen LogP contribution in [-0.2, 0) is 0 Å². The highest BCUT2D eigenvalue weighted by Gasteiger charge is 2.15. The van der Waals surface area contributed by atoms with Crippen LogP contribution in [0, 0.1) is 0 Å². The van der Waals surface area contributed by atoms with Crippen molar-refractivity contribution in [2.45, 2.75) is 19.4 Å². The van der Waals surface area contributed by atoms with Gasteiger partial charge in [0.2, 0.25) is 0 Å². The number of methoxy groups -OCH3 is 1. The molecule has 0 radical (unpaired) electrons. The van der Waals surface area contributed by atoms with Crippen molar-refractivity contribution in [1.82, 2.24) is 15.5 Å². The smallest absolute Gasteiger partial charge is 0.191 e. The molecule has 0 aliphatic heterocycles. The van der Waals surface area contributed by atoms with Crippen LogP contribution in [0.1, 0.15) is 24.9 Å². The van der Waals surface area contributed by atoms with Gasteiger partial charge in [-0.3, -0.25) is 4.99 Å². The van der Waals surface area contributed by atoms with E-state index in [9.17, 15) is 0 Å². The van der Waals surface area contributed by atoms with Crippen LogP contribution in [0.2, 0.25) is 0 Å². The highest BCUT2D eigenvalue weighted by molar-refractivity contribution is 14.0. The standard InChI is InChI=1S/C16H28N4O.HI/c1-6-10-18-16(17-2)19-12-15(20(3)4)13-8-7-9-14(11-13)21-5;/h7-9,11,15H,6,10,12H2,1-5H3,(H2,17,18,19);1H.